The molecule has 2 aromatic rings. The zero-order valence-electron chi connectivity index (χ0n) is 14.8. The molecule has 0 aliphatic rings. The third kappa shape index (κ3) is 4.60. The molecule has 0 saturated heterocycles. The lowest BCUT2D eigenvalue weighted by Crippen LogP contribution is -2.32. The third-order valence-corrected chi connectivity index (χ3v) is 5.76. The molecule has 1 atom stereocenters. The zero-order chi connectivity index (χ0) is 18.4. The molecule has 0 spiro atoms. The van der Waals surface area contributed by atoms with Crippen LogP contribution in [0.1, 0.15) is 37.0 Å². The zero-order valence-corrected chi connectivity index (χ0v) is 15.6. The third-order valence-electron chi connectivity index (χ3n) is 3.97. The lowest BCUT2D eigenvalue weighted by atomic mass is 10.1. The van der Waals surface area contributed by atoms with E-state index in [1.807, 2.05) is 13.0 Å². The molecule has 134 valence electrons. The normalized spacial score (nSPS) is 12.4. The SMILES string of the molecule is CCC[C@H](C)NC(=O)c1cccc(S(=O)(=O)N(C)c2ccccc2)c1. The van der Waals surface area contributed by atoms with Gasteiger partial charge in [-0.2, -0.15) is 0 Å². The van der Waals surface area contributed by atoms with Crippen LogP contribution in [0.2, 0.25) is 0 Å². The number of nitrogens with one attached hydrogen (secondary N) is 1. The minimum Gasteiger partial charge on any atom is -0.350 e. The average molecular weight is 360 g/mol. The summed E-state index contributed by atoms with van der Waals surface area (Å²) < 4.78 is 26.9. The van der Waals surface area contributed by atoms with Gasteiger partial charge in [0.05, 0.1) is 10.6 Å². The molecule has 1 N–H and O–H groups in total. The number of hydrogen-bond donors (Lipinski definition) is 1. The highest BCUT2D eigenvalue weighted by Crippen LogP contribution is 2.22. The van der Waals surface area contributed by atoms with Crippen molar-refractivity contribution >= 4 is 21.6 Å². The van der Waals surface area contributed by atoms with Crippen LogP contribution in [0.5, 0.6) is 0 Å². The maximum Gasteiger partial charge on any atom is 0.264 e. The van der Waals surface area contributed by atoms with E-state index in [9.17, 15) is 13.2 Å². The quantitative estimate of drug-likeness (QED) is 0.822. The predicted molar refractivity (Wildman–Crippen MR) is 100 cm³/mol. The summed E-state index contributed by atoms with van der Waals surface area (Å²) in [6.07, 6.45) is 1.85. The smallest absolute Gasteiger partial charge is 0.264 e. The first-order chi connectivity index (χ1) is 11.9. The van der Waals surface area contributed by atoms with Crippen LogP contribution in [0.25, 0.3) is 0 Å². The van der Waals surface area contributed by atoms with Crippen molar-refractivity contribution in [3.63, 3.8) is 0 Å². The second kappa shape index (κ2) is 8.16. The molecule has 5 nitrogen and oxygen atoms in total. The largest absolute Gasteiger partial charge is 0.350 e. The van der Waals surface area contributed by atoms with Gasteiger partial charge in [-0.15, -0.1) is 0 Å². The molecule has 0 aliphatic carbocycles. The number of hydrogen-bond acceptors (Lipinski definition) is 3. The number of para-hydroxylation sites is 1. The molecular weight excluding hydrogens is 336 g/mol. The highest BCUT2D eigenvalue weighted by molar-refractivity contribution is 7.92. The fourth-order valence-corrected chi connectivity index (χ4v) is 3.79. The van der Waals surface area contributed by atoms with Crippen molar-refractivity contribution in [2.45, 2.75) is 37.6 Å². The minimum atomic E-state index is -3.73. The van der Waals surface area contributed by atoms with Gasteiger partial charge >= 0.3 is 0 Å². The molecule has 0 bridgehead atoms. The van der Waals surface area contributed by atoms with E-state index in [1.54, 1.807) is 36.4 Å². The van der Waals surface area contributed by atoms with Crippen LogP contribution in [-0.2, 0) is 10.0 Å². The average Bonchev–Trinajstić information content (AvgIpc) is 2.62. The molecule has 0 aliphatic heterocycles. The second-order valence-electron chi connectivity index (χ2n) is 6.00. The molecule has 0 saturated carbocycles. The minimum absolute atomic E-state index is 0.0461. The number of benzene rings is 2. The number of sulfonamides is 1. The monoisotopic (exact) mass is 360 g/mol. The molecular formula is C19H24N2O3S. The number of amides is 1. The fourth-order valence-electron chi connectivity index (χ4n) is 2.54. The summed E-state index contributed by atoms with van der Waals surface area (Å²) in [5.41, 5.74) is 0.902. The molecule has 6 heteroatoms. The van der Waals surface area contributed by atoms with Crippen LogP contribution in [0.3, 0.4) is 0 Å². The standard InChI is InChI=1S/C19H24N2O3S/c1-4-9-15(2)20-19(22)16-10-8-13-18(14-16)25(23,24)21(3)17-11-6-5-7-12-17/h5-8,10-15H,4,9H2,1-3H3,(H,20,22)/t15-/m0/s1. The lowest BCUT2D eigenvalue weighted by Gasteiger charge is -2.20. The van der Waals surface area contributed by atoms with Gasteiger partial charge < -0.3 is 5.32 Å². The van der Waals surface area contributed by atoms with Crippen LogP contribution in [-0.4, -0.2) is 27.4 Å². The summed E-state index contributed by atoms with van der Waals surface area (Å²) in [7, 11) is -2.23. The summed E-state index contributed by atoms with van der Waals surface area (Å²) in [6.45, 7) is 3.99. The van der Waals surface area contributed by atoms with E-state index >= 15 is 0 Å². The Labute approximate surface area is 149 Å². The Bertz CT molecular complexity index is 820. The van der Waals surface area contributed by atoms with Crippen LogP contribution in [0, 0.1) is 0 Å². The topological polar surface area (TPSA) is 66.5 Å². The molecule has 25 heavy (non-hydrogen) atoms. The van der Waals surface area contributed by atoms with Gasteiger partial charge in [-0.25, -0.2) is 8.42 Å². The van der Waals surface area contributed by atoms with Crippen LogP contribution >= 0.6 is 0 Å². The first-order valence-electron chi connectivity index (χ1n) is 8.31. The van der Waals surface area contributed by atoms with E-state index in [-0.39, 0.29) is 16.8 Å². The van der Waals surface area contributed by atoms with Crippen molar-refractivity contribution in [3.8, 4) is 0 Å². The van der Waals surface area contributed by atoms with Gasteiger partial charge in [0.1, 0.15) is 0 Å². The first kappa shape index (κ1) is 19.0. The van der Waals surface area contributed by atoms with E-state index in [2.05, 4.69) is 12.2 Å². The molecule has 1 amide bonds. The highest BCUT2D eigenvalue weighted by atomic mass is 32.2. The molecule has 0 heterocycles. The van der Waals surface area contributed by atoms with E-state index in [1.165, 1.54) is 23.5 Å². The summed E-state index contributed by atoms with van der Waals surface area (Å²) in [4.78, 5) is 12.4. The van der Waals surface area contributed by atoms with Crippen molar-refractivity contribution in [2.75, 3.05) is 11.4 Å². The number of carbonyl (C=O) groups is 1. The molecule has 0 aromatic heterocycles. The van der Waals surface area contributed by atoms with Gasteiger partial charge in [0.2, 0.25) is 0 Å². The number of rotatable bonds is 7. The Hall–Kier alpha value is -2.34. The van der Waals surface area contributed by atoms with E-state index < -0.39 is 10.0 Å². The highest BCUT2D eigenvalue weighted by Gasteiger charge is 2.22. The van der Waals surface area contributed by atoms with Crippen LogP contribution in [0.4, 0.5) is 5.69 Å². The Balaban J connectivity index is 2.27. The Morgan fingerprint density at radius 1 is 1.12 bits per heavy atom. The Kier molecular flexibility index (Phi) is 6.20. The van der Waals surface area contributed by atoms with E-state index in [0.29, 0.717) is 11.3 Å². The summed E-state index contributed by atoms with van der Waals surface area (Å²) in [5, 5.41) is 2.89. The number of anilines is 1. The van der Waals surface area contributed by atoms with Gasteiger partial charge in [-0.1, -0.05) is 37.6 Å². The van der Waals surface area contributed by atoms with Crippen molar-refractivity contribution in [3.05, 3.63) is 60.2 Å². The molecule has 0 fully saturated rings. The number of carbonyl (C=O) groups excluding carboxylic acids is 1. The van der Waals surface area contributed by atoms with Crippen LogP contribution < -0.4 is 9.62 Å². The van der Waals surface area contributed by atoms with Crippen molar-refractivity contribution in [1.82, 2.24) is 5.32 Å². The van der Waals surface area contributed by atoms with Crippen molar-refractivity contribution in [2.24, 2.45) is 0 Å². The van der Waals surface area contributed by atoms with Gasteiger partial charge in [0.25, 0.3) is 15.9 Å². The van der Waals surface area contributed by atoms with Crippen LogP contribution in [0.15, 0.2) is 59.5 Å². The van der Waals surface area contributed by atoms with Crippen molar-refractivity contribution < 1.29 is 13.2 Å². The summed E-state index contributed by atoms with van der Waals surface area (Å²) in [6, 6.07) is 15.0. The van der Waals surface area contributed by atoms with Gasteiger partial charge in [-0.05, 0) is 43.7 Å². The fraction of sp³-hybridized carbons (Fsp3) is 0.316. The second-order valence-corrected chi connectivity index (χ2v) is 7.97. The molecule has 2 aromatic carbocycles. The van der Waals surface area contributed by atoms with Crippen molar-refractivity contribution in [1.29, 1.82) is 0 Å². The van der Waals surface area contributed by atoms with E-state index in [4.69, 9.17) is 0 Å². The maximum atomic E-state index is 12.8. The molecule has 2 rings (SSSR count). The predicted octanol–water partition coefficient (Wildman–Crippen LogP) is 3.43. The van der Waals surface area contributed by atoms with E-state index in [0.717, 1.165) is 12.8 Å². The van der Waals surface area contributed by atoms with Gasteiger partial charge in [0, 0.05) is 18.7 Å². The summed E-state index contributed by atoms with van der Waals surface area (Å²) >= 11 is 0. The first-order valence-corrected chi connectivity index (χ1v) is 9.75. The molecule has 0 radical (unpaired) electrons. The number of nitrogens with zero attached hydrogens (tertiary/aromatic N) is 1. The Morgan fingerprint density at radius 2 is 1.80 bits per heavy atom. The lowest BCUT2D eigenvalue weighted by molar-refractivity contribution is 0.0938. The van der Waals surface area contributed by atoms with Gasteiger partial charge in [-0.3, -0.25) is 9.10 Å². The van der Waals surface area contributed by atoms with Gasteiger partial charge in [0.15, 0.2) is 0 Å². The maximum absolute atomic E-state index is 12.8. The summed E-state index contributed by atoms with van der Waals surface area (Å²) in [5.74, 6) is -0.264. The Morgan fingerprint density at radius 3 is 2.44 bits per heavy atom. The molecule has 0 unspecified atom stereocenters.